The van der Waals surface area contributed by atoms with Crippen LogP contribution >= 0.6 is 11.3 Å². The van der Waals surface area contributed by atoms with E-state index in [1.54, 1.807) is 30.5 Å². The van der Waals surface area contributed by atoms with E-state index in [1.807, 2.05) is 26.0 Å². The first-order valence-electron chi connectivity index (χ1n) is 8.84. The molecule has 1 aromatic heterocycles. The van der Waals surface area contributed by atoms with E-state index in [9.17, 15) is 14.0 Å². The van der Waals surface area contributed by atoms with Gasteiger partial charge in [0.2, 0.25) is 0 Å². The highest BCUT2D eigenvalue weighted by atomic mass is 32.1. The number of thiophene rings is 1. The Morgan fingerprint density at radius 1 is 1.07 bits per heavy atom. The third-order valence-electron chi connectivity index (χ3n) is 4.42. The van der Waals surface area contributed by atoms with Gasteiger partial charge in [0.05, 0.1) is 6.61 Å². The van der Waals surface area contributed by atoms with E-state index < -0.39 is 5.97 Å². The van der Waals surface area contributed by atoms with Crippen LogP contribution in [0.3, 0.4) is 0 Å². The van der Waals surface area contributed by atoms with Crippen LogP contribution in [-0.4, -0.2) is 18.5 Å². The van der Waals surface area contributed by atoms with Crippen molar-refractivity contribution in [3.63, 3.8) is 0 Å². The summed E-state index contributed by atoms with van der Waals surface area (Å²) in [5.74, 6) is -1.19. The summed E-state index contributed by atoms with van der Waals surface area (Å²) in [5.41, 5.74) is 4.16. The fourth-order valence-corrected chi connectivity index (χ4v) is 3.71. The summed E-state index contributed by atoms with van der Waals surface area (Å²) in [4.78, 5) is 25.3. The van der Waals surface area contributed by atoms with Gasteiger partial charge in [0.1, 0.15) is 16.4 Å². The third kappa shape index (κ3) is 4.12. The molecule has 0 fully saturated rings. The first-order chi connectivity index (χ1) is 13.4. The van der Waals surface area contributed by atoms with Crippen molar-refractivity contribution in [2.24, 2.45) is 0 Å². The molecule has 0 radical (unpaired) electrons. The van der Waals surface area contributed by atoms with Gasteiger partial charge >= 0.3 is 5.97 Å². The summed E-state index contributed by atoms with van der Waals surface area (Å²) in [6, 6.07) is 11.3. The molecule has 0 atom stereocenters. The van der Waals surface area contributed by atoms with E-state index in [2.05, 4.69) is 5.32 Å². The Morgan fingerprint density at radius 2 is 1.79 bits per heavy atom. The van der Waals surface area contributed by atoms with Gasteiger partial charge in [-0.15, -0.1) is 11.3 Å². The van der Waals surface area contributed by atoms with Gasteiger partial charge in [0, 0.05) is 16.5 Å². The zero-order valence-corrected chi connectivity index (χ0v) is 16.7. The molecule has 0 aliphatic carbocycles. The lowest BCUT2D eigenvalue weighted by molar-refractivity contribution is 0.0529. The quantitative estimate of drug-likeness (QED) is 0.570. The number of aryl methyl sites for hydroxylation is 2. The highest BCUT2D eigenvalue weighted by Gasteiger charge is 2.23. The fraction of sp³-hybridized carbons (Fsp3) is 0.182. The maximum Gasteiger partial charge on any atom is 0.341 e. The molecule has 4 nitrogen and oxygen atoms in total. The van der Waals surface area contributed by atoms with Crippen molar-refractivity contribution in [2.75, 3.05) is 11.9 Å². The summed E-state index contributed by atoms with van der Waals surface area (Å²) in [5, 5.41) is 4.98. The van der Waals surface area contributed by atoms with Crippen LogP contribution in [0.1, 0.15) is 38.8 Å². The van der Waals surface area contributed by atoms with Gasteiger partial charge in [-0.05, 0) is 61.7 Å². The Bertz CT molecular complexity index is 1020. The monoisotopic (exact) mass is 397 g/mol. The van der Waals surface area contributed by atoms with Crippen molar-refractivity contribution in [2.45, 2.75) is 20.8 Å². The Balaban J connectivity index is 1.98. The van der Waals surface area contributed by atoms with Crippen LogP contribution in [0.4, 0.5) is 9.39 Å². The van der Waals surface area contributed by atoms with Gasteiger partial charge in [-0.1, -0.05) is 18.2 Å². The molecular weight excluding hydrogens is 377 g/mol. The predicted molar refractivity (Wildman–Crippen MR) is 110 cm³/mol. The molecule has 28 heavy (non-hydrogen) atoms. The molecule has 2 aromatic carbocycles. The molecule has 6 heteroatoms. The molecule has 0 spiro atoms. The average Bonchev–Trinajstić information content (AvgIpc) is 3.08. The molecule has 0 saturated carbocycles. The van der Waals surface area contributed by atoms with E-state index in [-0.39, 0.29) is 23.9 Å². The van der Waals surface area contributed by atoms with Gasteiger partial charge in [0.25, 0.3) is 5.91 Å². The lowest BCUT2D eigenvalue weighted by Crippen LogP contribution is -2.15. The molecule has 1 heterocycles. The van der Waals surface area contributed by atoms with Gasteiger partial charge in [-0.2, -0.15) is 0 Å². The minimum absolute atomic E-state index is 0.210. The van der Waals surface area contributed by atoms with Gasteiger partial charge in [-0.25, -0.2) is 9.18 Å². The molecular formula is C22H20FNO3S. The maximum atomic E-state index is 13.3. The number of esters is 1. The maximum absolute atomic E-state index is 13.3. The zero-order chi connectivity index (χ0) is 20.3. The molecule has 0 unspecified atom stereocenters. The topological polar surface area (TPSA) is 55.4 Å². The number of anilines is 1. The van der Waals surface area contributed by atoms with Crippen LogP contribution in [0.5, 0.6) is 0 Å². The Kier molecular flexibility index (Phi) is 5.90. The van der Waals surface area contributed by atoms with E-state index in [1.165, 1.54) is 23.5 Å². The number of hydrogen-bond donors (Lipinski definition) is 1. The lowest BCUT2D eigenvalue weighted by atomic mass is 10.0. The number of carbonyl (C=O) groups is 2. The molecule has 144 valence electrons. The van der Waals surface area contributed by atoms with Crippen molar-refractivity contribution >= 4 is 28.2 Å². The second kappa shape index (κ2) is 8.35. The Hall–Kier alpha value is -2.99. The second-order valence-corrected chi connectivity index (χ2v) is 7.21. The van der Waals surface area contributed by atoms with Crippen molar-refractivity contribution in [1.29, 1.82) is 0 Å². The Morgan fingerprint density at radius 3 is 2.43 bits per heavy atom. The number of halogens is 1. The summed E-state index contributed by atoms with van der Waals surface area (Å²) < 4.78 is 18.4. The minimum Gasteiger partial charge on any atom is -0.462 e. The van der Waals surface area contributed by atoms with Crippen LogP contribution in [0.2, 0.25) is 0 Å². The molecule has 1 N–H and O–H groups in total. The minimum atomic E-state index is -0.529. The van der Waals surface area contributed by atoms with Gasteiger partial charge in [0.15, 0.2) is 0 Å². The number of benzene rings is 2. The predicted octanol–water partition coefficient (Wildman–Crippen LogP) is 5.60. The first kappa shape index (κ1) is 19.8. The van der Waals surface area contributed by atoms with Crippen LogP contribution < -0.4 is 5.32 Å². The van der Waals surface area contributed by atoms with E-state index in [0.717, 1.165) is 11.1 Å². The fourth-order valence-electron chi connectivity index (χ4n) is 2.76. The number of ether oxygens (including phenoxy) is 1. The Labute approximate surface area is 167 Å². The summed E-state index contributed by atoms with van der Waals surface area (Å²) in [6.07, 6.45) is 0. The number of carbonyl (C=O) groups excluding carboxylic acids is 2. The molecule has 0 bridgehead atoms. The molecule has 0 aliphatic heterocycles. The summed E-state index contributed by atoms with van der Waals surface area (Å²) >= 11 is 1.23. The highest BCUT2D eigenvalue weighted by Crippen LogP contribution is 2.36. The van der Waals surface area contributed by atoms with Crippen molar-refractivity contribution in [3.05, 3.63) is 75.9 Å². The normalized spacial score (nSPS) is 10.6. The van der Waals surface area contributed by atoms with Gasteiger partial charge < -0.3 is 10.1 Å². The van der Waals surface area contributed by atoms with Crippen molar-refractivity contribution in [1.82, 2.24) is 0 Å². The molecule has 0 aliphatic rings. The number of nitrogens with one attached hydrogen (secondary N) is 1. The van der Waals surface area contributed by atoms with Crippen LogP contribution in [-0.2, 0) is 4.74 Å². The molecule has 0 saturated heterocycles. The lowest BCUT2D eigenvalue weighted by Gasteiger charge is -2.10. The van der Waals surface area contributed by atoms with Crippen LogP contribution in [0.25, 0.3) is 11.1 Å². The molecule has 3 rings (SSSR count). The SMILES string of the molecule is CCOC(=O)c1c(-c2ccc(F)cc2)csc1NC(=O)c1ccc(C)c(C)c1. The van der Waals surface area contributed by atoms with E-state index >= 15 is 0 Å². The summed E-state index contributed by atoms with van der Waals surface area (Å²) in [6.45, 7) is 5.84. The van der Waals surface area contributed by atoms with Crippen molar-refractivity contribution in [3.8, 4) is 11.1 Å². The summed E-state index contributed by atoms with van der Waals surface area (Å²) in [7, 11) is 0. The first-order valence-corrected chi connectivity index (χ1v) is 9.71. The smallest absolute Gasteiger partial charge is 0.341 e. The van der Waals surface area contributed by atoms with E-state index in [4.69, 9.17) is 4.74 Å². The van der Waals surface area contributed by atoms with Crippen molar-refractivity contribution < 1.29 is 18.7 Å². The third-order valence-corrected chi connectivity index (χ3v) is 5.32. The number of hydrogen-bond acceptors (Lipinski definition) is 4. The largest absolute Gasteiger partial charge is 0.462 e. The number of rotatable bonds is 5. The highest BCUT2D eigenvalue weighted by molar-refractivity contribution is 7.15. The second-order valence-electron chi connectivity index (χ2n) is 6.33. The van der Waals surface area contributed by atoms with E-state index in [0.29, 0.717) is 21.7 Å². The standard InChI is InChI=1S/C22H20FNO3S/c1-4-27-22(26)19-18(15-7-9-17(23)10-8-15)12-28-21(19)24-20(25)16-6-5-13(2)14(3)11-16/h5-12H,4H2,1-3H3,(H,24,25). The zero-order valence-electron chi connectivity index (χ0n) is 15.8. The van der Waals surface area contributed by atoms with Gasteiger partial charge in [-0.3, -0.25) is 4.79 Å². The van der Waals surface area contributed by atoms with Crippen LogP contribution in [0.15, 0.2) is 47.8 Å². The van der Waals surface area contributed by atoms with Crippen LogP contribution in [0, 0.1) is 19.7 Å². The number of amides is 1. The molecule has 1 amide bonds. The molecule has 3 aromatic rings. The average molecular weight is 397 g/mol.